The third-order valence-electron chi connectivity index (χ3n) is 2.54. The Labute approximate surface area is 135 Å². The van der Waals surface area contributed by atoms with E-state index in [0.29, 0.717) is 14.6 Å². The summed E-state index contributed by atoms with van der Waals surface area (Å²) in [5.41, 5.74) is 0.866. The molecule has 20 heavy (non-hydrogen) atoms. The van der Waals surface area contributed by atoms with E-state index >= 15 is 0 Å². The number of thiazole rings is 1. The monoisotopic (exact) mass is 394 g/mol. The molecule has 0 unspecified atom stereocenters. The lowest BCUT2D eigenvalue weighted by molar-refractivity contribution is 0.601. The molecule has 0 fully saturated rings. The third kappa shape index (κ3) is 3.52. The van der Waals surface area contributed by atoms with E-state index in [-0.39, 0.29) is 10.8 Å². The minimum atomic E-state index is -3.66. The lowest BCUT2D eigenvalue weighted by atomic mass is 10.2. The van der Waals surface area contributed by atoms with Crippen molar-refractivity contribution in [1.82, 2.24) is 4.98 Å². The highest BCUT2D eigenvalue weighted by molar-refractivity contribution is 9.10. The molecule has 4 nitrogen and oxygen atoms in total. The van der Waals surface area contributed by atoms with Crippen LogP contribution < -0.4 is 4.72 Å². The van der Waals surface area contributed by atoms with Gasteiger partial charge in [-0.25, -0.2) is 13.4 Å². The number of sulfonamides is 1. The normalized spacial score (nSPS) is 11.8. The number of hydrogen-bond donors (Lipinski definition) is 1. The van der Waals surface area contributed by atoms with Crippen molar-refractivity contribution in [2.75, 3.05) is 4.72 Å². The second-order valence-electron chi connectivity index (χ2n) is 4.41. The number of rotatable bonds is 4. The Hall–Kier alpha value is -0.630. The lowest BCUT2D eigenvalue weighted by Gasteiger charge is -2.06. The van der Waals surface area contributed by atoms with E-state index in [1.165, 1.54) is 29.5 Å². The van der Waals surface area contributed by atoms with Gasteiger partial charge in [-0.3, -0.25) is 4.72 Å². The molecule has 8 heteroatoms. The molecule has 2 rings (SSSR count). The van der Waals surface area contributed by atoms with Gasteiger partial charge in [0.15, 0.2) is 5.13 Å². The SMILES string of the molecule is CC(C)c1csc(NS(=O)(=O)c2ccc(Cl)c(Br)c2)n1. The second-order valence-corrected chi connectivity index (χ2v) is 8.22. The maximum Gasteiger partial charge on any atom is 0.263 e. The van der Waals surface area contributed by atoms with Gasteiger partial charge >= 0.3 is 0 Å². The lowest BCUT2D eigenvalue weighted by Crippen LogP contribution is -2.12. The summed E-state index contributed by atoms with van der Waals surface area (Å²) < 4.78 is 27.5. The molecule has 2 aromatic rings. The summed E-state index contributed by atoms with van der Waals surface area (Å²) >= 11 is 10.3. The highest BCUT2D eigenvalue weighted by atomic mass is 79.9. The van der Waals surface area contributed by atoms with Crippen LogP contribution in [0, 0.1) is 0 Å². The van der Waals surface area contributed by atoms with Gasteiger partial charge < -0.3 is 0 Å². The highest BCUT2D eigenvalue weighted by Gasteiger charge is 2.17. The highest BCUT2D eigenvalue weighted by Crippen LogP contribution is 2.28. The quantitative estimate of drug-likeness (QED) is 0.830. The average Bonchev–Trinajstić information content (AvgIpc) is 2.80. The minimum Gasteiger partial charge on any atom is -0.255 e. The Kier molecular flexibility index (Phi) is 4.73. The Balaban J connectivity index is 2.28. The predicted octanol–water partition coefficient (Wildman–Crippen LogP) is 4.48. The van der Waals surface area contributed by atoms with E-state index in [9.17, 15) is 8.42 Å². The molecule has 1 aromatic heterocycles. The van der Waals surface area contributed by atoms with Crippen LogP contribution in [0.5, 0.6) is 0 Å². The van der Waals surface area contributed by atoms with E-state index in [4.69, 9.17) is 11.6 Å². The van der Waals surface area contributed by atoms with Crippen LogP contribution in [0.2, 0.25) is 5.02 Å². The van der Waals surface area contributed by atoms with Gasteiger partial charge in [0.1, 0.15) is 0 Å². The molecule has 0 aliphatic rings. The fraction of sp³-hybridized carbons (Fsp3) is 0.250. The number of anilines is 1. The van der Waals surface area contributed by atoms with Crippen LogP contribution in [-0.4, -0.2) is 13.4 Å². The zero-order chi connectivity index (χ0) is 14.9. The standard InChI is InChI=1S/C12H12BrClN2O2S2/c1-7(2)11-6-19-12(15-11)16-20(17,18)8-3-4-10(14)9(13)5-8/h3-7H,1-2H3,(H,15,16). The fourth-order valence-corrected chi connectivity index (χ4v) is 4.21. The van der Waals surface area contributed by atoms with Crippen molar-refractivity contribution < 1.29 is 8.42 Å². The molecule has 0 aliphatic carbocycles. The van der Waals surface area contributed by atoms with Crippen LogP contribution in [0.15, 0.2) is 32.9 Å². The second kappa shape index (κ2) is 6.01. The smallest absolute Gasteiger partial charge is 0.255 e. The van der Waals surface area contributed by atoms with E-state index in [1.807, 2.05) is 19.2 Å². The van der Waals surface area contributed by atoms with E-state index in [0.717, 1.165) is 5.69 Å². The predicted molar refractivity (Wildman–Crippen MR) is 86.2 cm³/mol. The number of halogens is 2. The van der Waals surface area contributed by atoms with Crippen molar-refractivity contribution >= 4 is 54.0 Å². The molecule has 0 radical (unpaired) electrons. The molecule has 0 bridgehead atoms. The maximum absolute atomic E-state index is 12.2. The molecule has 1 aromatic carbocycles. The topological polar surface area (TPSA) is 59.1 Å². The van der Waals surface area contributed by atoms with Crippen LogP contribution in [0.1, 0.15) is 25.5 Å². The first-order valence-electron chi connectivity index (χ1n) is 5.73. The molecule has 0 spiro atoms. The van der Waals surface area contributed by atoms with Gasteiger partial charge in [-0.15, -0.1) is 11.3 Å². The summed E-state index contributed by atoms with van der Waals surface area (Å²) in [6.45, 7) is 4.01. The van der Waals surface area contributed by atoms with Crippen molar-refractivity contribution in [3.63, 3.8) is 0 Å². The first-order chi connectivity index (χ1) is 9.29. The number of nitrogens with one attached hydrogen (secondary N) is 1. The molecular formula is C12H12BrClN2O2S2. The molecule has 0 saturated carbocycles. The van der Waals surface area contributed by atoms with Crippen LogP contribution >= 0.6 is 38.9 Å². The van der Waals surface area contributed by atoms with Crippen molar-refractivity contribution in [3.8, 4) is 0 Å². The first-order valence-corrected chi connectivity index (χ1v) is 9.26. The molecule has 108 valence electrons. The summed E-state index contributed by atoms with van der Waals surface area (Å²) in [5.74, 6) is 0.259. The van der Waals surface area contributed by atoms with Crippen LogP contribution in [0.4, 0.5) is 5.13 Å². The van der Waals surface area contributed by atoms with E-state index < -0.39 is 10.0 Å². The Morgan fingerprint density at radius 2 is 2.10 bits per heavy atom. The van der Waals surface area contributed by atoms with Crippen molar-refractivity contribution in [1.29, 1.82) is 0 Å². The van der Waals surface area contributed by atoms with Gasteiger partial charge in [0.05, 0.1) is 15.6 Å². The largest absolute Gasteiger partial charge is 0.263 e. The number of benzene rings is 1. The molecule has 1 heterocycles. The van der Waals surface area contributed by atoms with E-state index in [1.54, 1.807) is 0 Å². The van der Waals surface area contributed by atoms with Gasteiger partial charge in [0.25, 0.3) is 10.0 Å². The minimum absolute atomic E-state index is 0.134. The average molecular weight is 396 g/mol. The Morgan fingerprint density at radius 1 is 1.40 bits per heavy atom. The molecule has 0 amide bonds. The number of aromatic nitrogens is 1. The van der Waals surface area contributed by atoms with E-state index in [2.05, 4.69) is 25.6 Å². The fourth-order valence-electron chi connectivity index (χ4n) is 1.42. The zero-order valence-corrected chi connectivity index (χ0v) is 14.7. The van der Waals surface area contributed by atoms with Gasteiger partial charge in [0.2, 0.25) is 0 Å². The third-order valence-corrected chi connectivity index (χ3v) is 5.99. The van der Waals surface area contributed by atoms with Crippen molar-refractivity contribution in [3.05, 3.63) is 38.8 Å². The van der Waals surface area contributed by atoms with Crippen LogP contribution in [-0.2, 0) is 10.0 Å². The number of hydrogen-bond acceptors (Lipinski definition) is 4. The summed E-state index contributed by atoms with van der Waals surface area (Å²) in [7, 11) is -3.66. The van der Waals surface area contributed by atoms with Crippen LogP contribution in [0.25, 0.3) is 0 Å². The first kappa shape index (κ1) is 15.8. The van der Waals surface area contributed by atoms with Gasteiger partial charge in [-0.1, -0.05) is 25.4 Å². The maximum atomic E-state index is 12.2. The molecular weight excluding hydrogens is 384 g/mol. The summed E-state index contributed by atoms with van der Waals surface area (Å²) in [4.78, 5) is 4.39. The Morgan fingerprint density at radius 3 is 2.65 bits per heavy atom. The zero-order valence-electron chi connectivity index (χ0n) is 10.7. The Bertz CT molecular complexity index is 729. The summed E-state index contributed by atoms with van der Waals surface area (Å²) in [6.07, 6.45) is 0. The van der Waals surface area contributed by atoms with Gasteiger partial charge in [-0.2, -0.15) is 0 Å². The molecule has 1 N–H and O–H groups in total. The van der Waals surface area contributed by atoms with Crippen molar-refractivity contribution in [2.45, 2.75) is 24.7 Å². The molecule has 0 saturated heterocycles. The summed E-state index contributed by atoms with van der Waals surface area (Å²) in [5, 5.41) is 2.67. The molecule has 0 atom stereocenters. The molecule has 0 aliphatic heterocycles. The van der Waals surface area contributed by atoms with Crippen molar-refractivity contribution in [2.24, 2.45) is 0 Å². The number of nitrogens with zero attached hydrogens (tertiary/aromatic N) is 1. The summed E-state index contributed by atoms with van der Waals surface area (Å²) in [6, 6.07) is 4.44. The van der Waals surface area contributed by atoms with Gasteiger partial charge in [-0.05, 0) is 40.0 Å². The van der Waals surface area contributed by atoms with Crippen LogP contribution in [0.3, 0.4) is 0 Å². The van der Waals surface area contributed by atoms with Gasteiger partial charge in [0, 0.05) is 9.85 Å².